The maximum Gasteiger partial charge on any atom is 0.257 e. The third-order valence-electron chi connectivity index (χ3n) is 4.13. The Bertz CT molecular complexity index is 564. The first-order valence-corrected chi connectivity index (χ1v) is 7.45. The van der Waals surface area contributed by atoms with Gasteiger partial charge in [-0.25, -0.2) is 0 Å². The number of likely N-dealkylation sites (N-methyl/N-ethyl adjacent to an activating group) is 1. The van der Waals surface area contributed by atoms with Crippen LogP contribution in [0.15, 0.2) is 16.6 Å². The molecule has 3 rings (SSSR count). The first-order chi connectivity index (χ1) is 9.49. The molecule has 20 heavy (non-hydrogen) atoms. The molecule has 0 aromatic heterocycles. The Morgan fingerprint density at radius 2 is 2.25 bits per heavy atom. The molecule has 6 heteroatoms. The molecule has 3 atom stereocenters. The monoisotopic (exact) mass is 340 g/mol. The molecule has 2 aliphatic heterocycles. The highest BCUT2D eigenvalue weighted by Gasteiger charge is 2.32. The number of hydrogen-bond donors (Lipinski definition) is 2. The average molecular weight is 341 g/mol. The van der Waals surface area contributed by atoms with Crippen molar-refractivity contribution in [3.63, 3.8) is 0 Å². The number of aliphatic hydroxyl groups excluding tert-OH is 1. The van der Waals surface area contributed by atoms with E-state index in [1.54, 1.807) is 0 Å². The molecular formula is C14H17BrN2O3. The van der Waals surface area contributed by atoms with Crippen molar-refractivity contribution < 1.29 is 14.6 Å². The Morgan fingerprint density at radius 3 is 2.90 bits per heavy atom. The highest BCUT2D eigenvalue weighted by atomic mass is 79.9. The summed E-state index contributed by atoms with van der Waals surface area (Å²) in [4.78, 5) is 13.7. The molecule has 2 N–H and O–H groups in total. The van der Waals surface area contributed by atoms with Gasteiger partial charge in [0.15, 0.2) is 6.10 Å². The van der Waals surface area contributed by atoms with Crippen LogP contribution in [0.4, 0.5) is 11.4 Å². The first-order valence-electron chi connectivity index (χ1n) is 6.66. The van der Waals surface area contributed by atoms with E-state index in [1.165, 1.54) is 0 Å². The Labute approximate surface area is 126 Å². The molecule has 0 spiro atoms. The summed E-state index contributed by atoms with van der Waals surface area (Å²) >= 11 is 3.53. The van der Waals surface area contributed by atoms with Gasteiger partial charge in [0.1, 0.15) is 0 Å². The number of aliphatic hydroxyl groups is 1. The second kappa shape index (κ2) is 5.02. The zero-order valence-corrected chi connectivity index (χ0v) is 13.0. The van der Waals surface area contributed by atoms with Gasteiger partial charge in [0.2, 0.25) is 0 Å². The number of carbonyl (C=O) groups excluding carboxylic acids is 1. The second-order valence-electron chi connectivity index (χ2n) is 5.33. The van der Waals surface area contributed by atoms with E-state index in [0.717, 1.165) is 23.2 Å². The molecule has 1 aromatic carbocycles. The SMILES string of the molecule is CC1OCCC1N(C)c1cc2c(cc1Br)C(O)C(=O)N2. The molecule has 2 aliphatic rings. The van der Waals surface area contributed by atoms with Gasteiger partial charge < -0.3 is 20.1 Å². The molecule has 3 unspecified atom stereocenters. The van der Waals surface area contributed by atoms with E-state index in [9.17, 15) is 9.90 Å². The fraction of sp³-hybridized carbons (Fsp3) is 0.500. The zero-order chi connectivity index (χ0) is 14.4. The molecule has 0 radical (unpaired) electrons. The molecule has 108 valence electrons. The summed E-state index contributed by atoms with van der Waals surface area (Å²) in [5, 5.41) is 12.5. The Morgan fingerprint density at radius 1 is 1.50 bits per heavy atom. The van der Waals surface area contributed by atoms with Gasteiger partial charge in [0, 0.05) is 29.4 Å². The van der Waals surface area contributed by atoms with Crippen LogP contribution >= 0.6 is 15.9 Å². The van der Waals surface area contributed by atoms with E-state index in [-0.39, 0.29) is 12.0 Å². The lowest BCUT2D eigenvalue weighted by molar-refractivity contribution is -0.123. The molecule has 1 aromatic rings. The van der Waals surface area contributed by atoms with Crippen LogP contribution in [0.3, 0.4) is 0 Å². The average Bonchev–Trinajstić information content (AvgIpc) is 2.94. The fourth-order valence-electron chi connectivity index (χ4n) is 2.93. The van der Waals surface area contributed by atoms with Gasteiger partial charge in [-0.2, -0.15) is 0 Å². The predicted molar refractivity (Wildman–Crippen MR) is 80.0 cm³/mol. The third kappa shape index (κ3) is 2.12. The number of anilines is 2. The Hall–Kier alpha value is -1.11. The molecule has 1 fully saturated rings. The minimum atomic E-state index is -1.07. The molecular weight excluding hydrogens is 324 g/mol. The van der Waals surface area contributed by atoms with Crippen LogP contribution in [-0.2, 0) is 9.53 Å². The van der Waals surface area contributed by atoms with Crippen LogP contribution < -0.4 is 10.2 Å². The normalized spacial score (nSPS) is 28.4. The summed E-state index contributed by atoms with van der Waals surface area (Å²) in [7, 11) is 2.02. The van der Waals surface area contributed by atoms with Gasteiger partial charge in [0.25, 0.3) is 5.91 Å². The van der Waals surface area contributed by atoms with Crippen molar-refractivity contribution in [1.29, 1.82) is 0 Å². The number of fused-ring (bicyclic) bond motifs is 1. The summed E-state index contributed by atoms with van der Waals surface area (Å²) in [5.74, 6) is -0.371. The summed E-state index contributed by atoms with van der Waals surface area (Å²) in [6.07, 6.45) is 0.0885. The number of rotatable bonds is 2. The van der Waals surface area contributed by atoms with Crippen molar-refractivity contribution >= 4 is 33.2 Å². The van der Waals surface area contributed by atoms with Gasteiger partial charge in [-0.1, -0.05) is 0 Å². The summed E-state index contributed by atoms with van der Waals surface area (Å²) in [6, 6.07) is 4.02. The van der Waals surface area contributed by atoms with Crippen molar-refractivity contribution in [2.45, 2.75) is 31.6 Å². The largest absolute Gasteiger partial charge is 0.378 e. The standard InChI is InChI=1S/C14H17BrN2O3/c1-7-11(3-4-20-7)17(2)12-6-10-8(5-9(12)15)13(18)14(19)16-10/h5-7,11,13,18H,3-4H2,1-2H3,(H,16,19). The number of hydrogen-bond acceptors (Lipinski definition) is 4. The zero-order valence-electron chi connectivity index (χ0n) is 11.4. The van der Waals surface area contributed by atoms with Gasteiger partial charge >= 0.3 is 0 Å². The molecule has 2 heterocycles. The quantitative estimate of drug-likeness (QED) is 0.864. The number of amides is 1. The van der Waals surface area contributed by atoms with Crippen LogP contribution in [0.25, 0.3) is 0 Å². The van der Waals surface area contributed by atoms with Crippen molar-refractivity contribution in [2.24, 2.45) is 0 Å². The molecule has 1 amide bonds. The molecule has 0 aliphatic carbocycles. The summed E-state index contributed by atoms with van der Waals surface area (Å²) in [6.45, 7) is 2.84. The van der Waals surface area contributed by atoms with Crippen LogP contribution in [0.2, 0.25) is 0 Å². The lowest BCUT2D eigenvalue weighted by Crippen LogP contribution is -2.36. The predicted octanol–water partition coefficient (Wildman–Crippen LogP) is 2.05. The number of ether oxygens (including phenoxy) is 1. The van der Waals surface area contributed by atoms with Crippen LogP contribution in [-0.4, -0.2) is 36.8 Å². The summed E-state index contributed by atoms with van der Waals surface area (Å²) in [5.41, 5.74) is 2.29. The number of nitrogens with one attached hydrogen (secondary N) is 1. The minimum Gasteiger partial charge on any atom is -0.378 e. The van der Waals surface area contributed by atoms with E-state index in [4.69, 9.17) is 4.74 Å². The number of nitrogens with zero attached hydrogens (tertiary/aromatic N) is 1. The summed E-state index contributed by atoms with van der Waals surface area (Å²) < 4.78 is 6.48. The van der Waals surface area contributed by atoms with Gasteiger partial charge in [-0.15, -0.1) is 0 Å². The Kier molecular flexibility index (Phi) is 3.48. The smallest absolute Gasteiger partial charge is 0.257 e. The molecule has 1 saturated heterocycles. The molecule has 5 nitrogen and oxygen atoms in total. The van der Waals surface area contributed by atoms with Crippen LogP contribution in [0, 0.1) is 0 Å². The highest BCUT2D eigenvalue weighted by Crippen LogP contribution is 2.40. The molecule has 0 saturated carbocycles. The van der Waals surface area contributed by atoms with Gasteiger partial charge in [0.05, 0.1) is 17.8 Å². The van der Waals surface area contributed by atoms with E-state index in [2.05, 4.69) is 33.1 Å². The second-order valence-corrected chi connectivity index (χ2v) is 6.18. The number of benzene rings is 1. The van der Waals surface area contributed by atoms with E-state index >= 15 is 0 Å². The van der Waals surface area contributed by atoms with E-state index in [1.807, 2.05) is 19.2 Å². The maximum atomic E-state index is 11.5. The van der Waals surface area contributed by atoms with E-state index in [0.29, 0.717) is 17.3 Å². The Balaban J connectivity index is 1.95. The van der Waals surface area contributed by atoms with Crippen LogP contribution in [0.1, 0.15) is 25.0 Å². The number of carbonyl (C=O) groups is 1. The fourth-order valence-corrected chi connectivity index (χ4v) is 3.57. The number of halogens is 1. The van der Waals surface area contributed by atoms with Crippen molar-refractivity contribution in [2.75, 3.05) is 23.9 Å². The maximum absolute atomic E-state index is 11.5. The van der Waals surface area contributed by atoms with E-state index < -0.39 is 6.10 Å². The van der Waals surface area contributed by atoms with Crippen molar-refractivity contribution in [3.05, 3.63) is 22.2 Å². The lowest BCUT2D eigenvalue weighted by Gasteiger charge is -2.30. The third-order valence-corrected chi connectivity index (χ3v) is 4.77. The van der Waals surface area contributed by atoms with Gasteiger partial charge in [-0.05, 0) is 41.4 Å². The lowest BCUT2D eigenvalue weighted by atomic mass is 10.1. The minimum absolute atomic E-state index is 0.181. The van der Waals surface area contributed by atoms with Crippen molar-refractivity contribution in [3.8, 4) is 0 Å². The topological polar surface area (TPSA) is 61.8 Å². The van der Waals surface area contributed by atoms with Crippen LogP contribution in [0.5, 0.6) is 0 Å². The first kappa shape index (κ1) is 13.9. The molecule has 0 bridgehead atoms. The van der Waals surface area contributed by atoms with Gasteiger partial charge in [-0.3, -0.25) is 4.79 Å². The highest BCUT2D eigenvalue weighted by molar-refractivity contribution is 9.10. The van der Waals surface area contributed by atoms with Crippen molar-refractivity contribution in [1.82, 2.24) is 0 Å².